The second-order valence-electron chi connectivity index (χ2n) is 7.20. The Bertz CT molecular complexity index is 1350. The van der Waals surface area contributed by atoms with E-state index in [0.29, 0.717) is 22.1 Å². The van der Waals surface area contributed by atoms with E-state index in [2.05, 4.69) is 24.7 Å². The zero-order valence-corrected chi connectivity index (χ0v) is 20.3. The third kappa shape index (κ3) is 5.27. The van der Waals surface area contributed by atoms with Crippen LogP contribution in [-0.2, 0) is 4.84 Å². The lowest BCUT2D eigenvalue weighted by atomic mass is 9.90. The van der Waals surface area contributed by atoms with E-state index in [1.807, 2.05) is 0 Å². The van der Waals surface area contributed by atoms with Crippen LogP contribution < -0.4 is 10.6 Å². The number of alkyl halides is 3. The number of anilines is 1. The summed E-state index contributed by atoms with van der Waals surface area (Å²) in [7, 11) is 2.51. The molecule has 1 aliphatic rings. The molecule has 0 fully saturated rings. The molecule has 1 unspecified atom stereocenters. The highest BCUT2D eigenvalue weighted by atomic mass is 35.5. The fourth-order valence-electron chi connectivity index (χ4n) is 3.51. The van der Waals surface area contributed by atoms with Crippen molar-refractivity contribution >= 4 is 60.9 Å². The Balaban J connectivity index is 2.00. The monoisotopic (exact) mass is 538 g/mol. The van der Waals surface area contributed by atoms with Gasteiger partial charge in [-0.2, -0.15) is 13.2 Å². The molecule has 0 spiro atoms. The lowest BCUT2D eigenvalue weighted by molar-refractivity contribution is -0.0906. The predicted molar refractivity (Wildman–Crippen MR) is 134 cm³/mol. The fourth-order valence-corrected chi connectivity index (χ4v) is 4.47. The standard InChI is InChI=1S/C23H16Cl2F3N4O2P/c24-12-3-1-4-13(7-12)31-22(23(26,27)28)14(8-29)15-10-34-32-21(19(15)17-9-30-11-33-17)20-16(25)5-2-6-18(20)35/h1-9,11,29,31H,10,35H2/b22-14+,29-8?. The Labute approximate surface area is 210 Å². The Kier molecular flexibility index (Phi) is 7.31. The number of rotatable bonds is 6. The zero-order valence-electron chi connectivity index (χ0n) is 17.7. The molecule has 12 heteroatoms. The van der Waals surface area contributed by atoms with Crippen molar-refractivity contribution in [3.8, 4) is 0 Å². The lowest BCUT2D eigenvalue weighted by Gasteiger charge is -2.24. The molecule has 0 saturated heterocycles. The van der Waals surface area contributed by atoms with Crippen molar-refractivity contribution in [1.29, 1.82) is 5.41 Å². The summed E-state index contributed by atoms with van der Waals surface area (Å²) in [4.78, 5) is 9.25. The van der Waals surface area contributed by atoms with Gasteiger partial charge >= 0.3 is 6.18 Å². The van der Waals surface area contributed by atoms with Crippen LogP contribution in [0.5, 0.6) is 0 Å². The molecule has 4 rings (SSSR count). The molecule has 1 atom stereocenters. The van der Waals surface area contributed by atoms with Gasteiger partial charge in [0.25, 0.3) is 0 Å². The molecule has 180 valence electrons. The van der Waals surface area contributed by atoms with Crippen molar-refractivity contribution in [3.63, 3.8) is 0 Å². The van der Waals surface area contributed by atoms with Gasteiger partial charge in [-0.3, -0.25) is 0 Å². The van der Waals surface area contributed by atoms with E-state index >= 15 is 0 Å². The van der Waals surface area contributed by atoms with E-state index in [-0.39, 0.29) is 39.9 Å². The average Bonchev–Trinajstić information content (AvgIpc) is 3.33. The van der Waals surface area contributed by atoms with Crippen molar-refractivity contribution in [2.75, 3.05) is 11.9 Å². The Hall–Kier alpha value is -3.13. The van der Waals surface area contributed by atoms with E-state index in [4.69, 9.17) is 37.9 Å². The Morgan fingerprint density at radius 2 is 1.94 bits per heavy atom. The van der Waals surface area contributed by atoms with Crippen LogP contribution in [0.3, 0.4) is 0 Å². The highest BCUT2D eigenvalue weighted by molar-refractivity contribution is 7.27. The maximum atomic E-state index is 14.3. The summed E-state index contributed by atoms with van der Waals surface area (Å²) in [5.74, 6) is 0.134. The van der Waals surface area contributed by atoms with Crippen LogP contribution in [-0.4, -0.2) is 29.7 Å². The van der Waals surface area contributed by atoms with Crippen LogP contribution in [0.2, 0.25) is 10.0 Å². The minimum atomic E-state index is -4.86. The molecule has 0 radical (unpaired) electrons. The van der Waals surface area contributed by atoms with Crippen LogP contribution >= 0.6 is 32.4 Å². The molecule has 0 aliphatic carbocycles. The minimum absolute atomic E-state index is 0.00734. The third-order valence-corrected chi connectivity index (χ3v) is 6.01. The first-order chi connectivity index (χ1) is 16.7. The van der Waals surface area contributed by atoms with Crippen LogP contribution in [0.1, 0.15) is 11.3 Å². The van der Waals surface area contributed by atoms with Crippen LogP contribution in [0.4, 0.5) is 18.9 Å². The van der Waals surface area contributed by atoms with Crippen LogP contribution in [0, 0.1) is 5.41 Å². The van der Waals surface area contributed by atoms with Gasteiger partial charge in [0.1, 0.15) is 18.0 Å². The summed E-state index contributed by atoms with van der Waals surface area (Å²) in [6.07, 6.45) is -1.77. The molecule has 2 aromatic carbocycles. The number of hydrogen-bond donors (Lipinski definition) is 2. The summed E-state index contributed by atoms with van der Waals surface area (Å²) in [6.45, 7) is -0.363. The van der Waals surface area contributed by atoms with E-state index in [1.165, 1.54) is 30.5 Å². The van der Waals surface area contributed by atoms with Gasteiger partial charge < -0.3 is 20.0 Å². The van der Waals surface area contributed by atoms with E-state index in [0.717, 1.165) is 6.39 Å². The summed E-state index contributed by atoms with van der Waals surface area (Å²) in [5.41, 5.74) is -0.835. The number of oxime groups is 1. The van der Waals surface area contributed by atoms with Gasteiger partial charge in [-0.25, -0.2) is 4.98 Å². The summed E-state index contributed by atoms with van der Waals surface area (Å²) < 4.78 is 48.4. The van der Waals surface area contributed by atoms with Gasteiger partial charge in [0, 0.05) is 33.6 Å². The largest absolute Gasteiger partial charge is 0.443 e. The first-order valence-electron chi connectivity index (χ1n) is 9.92. The van der Waals surface area contributed by atoms with Gasteiger partial charge in [-0.15, -0.1) is 9.24 Å². The topological polar surface area (TPSA) is 83.5 Å². The molecule has 35 heavy (non-hydrogen) atoms. The maximum Gasteiger partial charge on any atom is 0.431 e. The highest BCUT2D eigenvalue weighted by Crippen LogP contribution is 2.38. The Morgan fingerprint density at radius 1 is 1.17 bits per heavy atom. The number of halogens is 5. The molecule has 0 amide bonds. The Morgan fingerprint density at radius 3 is 2.57 bits per heavy atom. The molecule has 6 nitrogen and oxygen atoms in total. The number of benzene rings is 2. The zero-order chi connectivity index (χ0) is 25.2. The van der Waals surface area contributed by atoms with Crippen LogP contribution in [0.15, 0.2) is 81.5 Å². The van der Waals surface area contributed by atoms with Crippen molar-refractivity contribution in [1.82, 2.24) is 4.98 Å². The number of nitrogens with zero attached hydrogens (tertiary/aromatic N) is 2. The van der Waals surface area contributed by atoms with Gasteiger partial charge in [-0.05, 0) is 29.6 Å². The summed E-state index contributed by atoms with van der Waals surface area (Å²) in [6, 6.07) is 10.9. The quantitative estimate of drug-likeness (QED) is 0.287. The first kappa shape index (κ1) is 25.0. The molecule has 2 N–H and O–H groups in total. The van der Waals surface area contributed by atoms with Crippen molar-refractivity contribution < 1.29 is 22.4 Å². The molecule has 3 aromatic rings. The van der Waals surface area contributed by atoms with Gasteiger partial charge in [0.15, 0.2) is 12.2 Å². The average molecular weight is 539 g/mol. The van der Waals surface area contributed by atoms with Gasteiger partial charge in [-0.1, -0.05) is 46.6 Å². The lowest BCUT2D eigenvalue weighted by Crippen LogP contribution is -2.26. The summed E-state index contributed by atoms with van der Waals surface area (Å²) >= 11 is 12.4. The number of allylic oxidation sites excluding steroid dienone is 2. The predicted octanol–water partition coefficient (Wildman–Crippen LogP) is 6.25. The molecule has 0 bridgehead atoms. The molecular weight excluding hydrogens is 523 g/mol. The van der Waals surface area contributed by atoms with E-state index < -0.39 is 17.4 Å². The first-order valence-corrected chi connectivity index (χ1v) is 11.3. The molecule has 1 aliphatic heterocycles. The van der Waals surface area contributed by atoms with Gasteiger partial charge in [0.05, 0.1) is 16.8 Å². The SMILES string of the molecule is N=C/C(C1=C(c2cnco2)C(c2c(P)cccc2Cl)=NOC1)=C(\Nc1cccc(Cl)c1)C(F)(F)F. The highest BCUT2D eigenvalue weighted by Gasteiger charge is 2.39. The number of aromatic nitrogens is 1. The van der Waals surface area contributed by atoms with Gasteiger partial charge in [0.2, 0.25) is 0 Å². The van der Waals surface area contributed by atoms with Crippen molar-refractivity contribution in [2.45, 2.75) is 6.18 Å². The smallest absolute Gasteiger partial charge is 0.431 e. The minimum Gasteiger partial charge on any atom is -0.443 e. The molecular formula is C23H16Cl2F3N4O2P. The number of hydrogen-bond acceptors (Lipinski definition) is 6. The van der Waals surface area contributed by atoms with Crippen molar-refractivity contribution in [2.24, 2.45) is 5.16 Å². The van der Waals surface area contributed by atoms with E-state index in [9.17, 15) is 13.2 Å². The second kappa shape index (κ2) is 10.2. The summed E-state index contributed by atoms with van der Waals surface area (Å²) in [5, 5.41) is 15.6. The third-order valence-electron chi connectivity index (χ3n) is 4.98. The maximum absolute atomic E-state index is 14.3. The number of oxazole rings is 1. The second-order valence-corrected chi connectivity index (χ2v) is 8.67. The molecule has 0 saturated carbocycles. The van der Waals surface area contributed by atoms with Crippen molar-refractivity contribution in [3.05, 3.63) is 93.3 Å². The molecule has 2 heterocycles. The fraction of sp³-hybridized carbons (Fsp3) is 0.0870. The number of nitrogens with one attached hydrogen (secondary N) is 2. The van der Waals surface area contributed by atoms with E-state index in [1.54, 1.807) is 18.2 Å². The van der Waals surface area contributed by atoms with Crippen LogP contribution in [0.25, 0.3) is 5.57 Å². The molecule has 1 aromatic heterocycles. The normalized spacial score (nSPS) is 14.7.